The first kappa shape index (κ1) is 16.7. The second-order valence-electron chi connectivity index (χ2n) is 8.42. The van der Waals surface area contributed by atoms with Crippen molar-refractivity contribution in [2.45, 2.75) is 57.8 Å². The van der Waals surface area contributed by atoms with E-state index in [0.29, 0.717) is 30.5 Å². The number of fused-ring (bicyclic) bond motifs is 5. The number of hydrogen-bond acceptors (Lipinski definition) is 2. The molecule has 2 fully saturated rings. The monoisotopic (exact) mass is 344 g/mol. The lowest BCUT2D eigenvalue weighted by molar-refractivity contribution is -0.137. The molecule has 0 amide bonds. The molecule has 5 atom stereocenters. The van der Waals surface area contributed by atoms with Crippen LogP contribution in [0.1, 0.15) is 62.5 Å². The van der Waals surface area contributed by atoms with E-state index in [-0.39, 0.29) is 29.5 Å². The lowest BCUT2D eigenvalue weighted by Crippen LogP contribution is -2.44. The first-order valence-corrected chi connectivity index (χ1v) is 9.44. The van der Waals surface area contributed by atoms with Gasteiger partial charge in [0.2, 0.25) is 0 Å². The van der Waals surface area contributed by atoms with Gasteiger partial charge in [0.25, 0.3) is 0 Å². The third-order valence-electron chi connectivity index (χ3n) is 7.29. The molecule has 0 bridgehead atoms. The summed E-state index contributed by atoms with van der Waals surface area (Å²) in [5, 5.41) is 9.07. The molecule has 0 aliphatic heterocycles. The molecule has 4 heteroatoms. The van der Waals surface area contributed by atoms with Gasteiger partial charge in [-0.1, -0.05) is 19.1 Å². The largest absolute Gasteiger partial charge is 0.481 e. The zero-order valence-corrected chi connectivity index (χ0v) is 14.6. The lowest BCUT2D eigenvalue weighted by Gasteiger charge is -2.50. The van der Waals surface area contributed by atoms with Crippen molar-refractivity contribution in [3.63, 3.8) is 0 Å². The molecule has 1 aromatic carbocycles. The summed E-state index contributed by atoms with van der Waals surface area (Å²) in [5.74, 6) is 0.523. The minimum absolute atomic E-state index is 0.103. The van der Waals surface area contributed by atoms with Gasteiger partial charge in [0.15, 0.2) is 0 Å². The van der Waals surface area contributed by atoms with Crippen LogP contribution >= 0.6 is 0 Å². The van der Waals surface area contributed by atoms with E-state index >= 15 is 0 Å². The van der Waals surface area contributed by atoms with Crippen molar-refractivity contribution in [1.29, 1.82) is 0 Å². The molecule has 3 nitrogen and oxygen atoms in total. The molecule has 3 aliphatic rings. The smallest absolute Gasteiger partial charge is 0.303 e. The molecule has 0 heterocycles. The Balaban J connectivity index is 1.68. The molecule has 25 heavy (non-hydrogen) atoms. The van der Waals surface area contributed by atoms with Gasteiger partial charge < -0.3 is 5.11 Å². The molecular weight excluding hydrogens is 319 g/mol. The van der Waals surface area contributed by atoms with Crippen LogP contribution in [0.4, 0.5) is 4.39 Å². The molecule has 0 aromatic heterocycles. The molecule has 0 radical (unpaired) electrons. The predicted molar refractivity (Wildman–Crippen MR) is 91.8 cm³/mol. The van der Waals surface area contributed by atoms with Crippen LogP contribution in [0.15, 0.2) is 18.2 Å². The van der Waals surface area contributed by atoms with Gasteiger partial charge in [-0.05, 0) is 73.0 Å². The second-order valence-corrected chi connectivity index (χ2v) is 8.42. The zero-order valence-electron chi connectivity index (χ0n) is 14.6. The van der Waals surface area contributed by atoms with Crippen molar-refractivity contribution in [1.82, 2.24) is 0 Å². The second kappa shape index (κ2) is 5.93. The number of halogens is 1. The fraction of sp³-hybridized carbons (Fsp3) is 0.619. The van der Waals surface area contributed by atoms with Crippen LogP contribution < -0.4 is 0 Å². The van der Waals surface area contributed by atoms with Crippen LogP contribution in [0, 0.1) is 29.0 Å². The molecule has 3 aliphatic carbocycles. The number of rotatable bonds is 3. The first-order valence-electron chi connectivity index (χ1n) is 9.44. The molecule has 1 aromatic rings. The normalized spacial score (nSPS) is 36.5. The number of carboxylic acids is 1. The highest BCUT2D eigenvalue weighted by Gasteiger charge is 2.58. The third kappa shape index (κ3) is 2.52. The minimum Gasteiger partial charge on any atom is -0.481 e. The van der Waals surface area contributed by atoms with Crippen LogP contribution in [0.5, 0.6) is 0 Å². The fourth-order valence-electron chi connectivity index (χ4n) is 6.21. The SMILES string of the molecule is C[C@]12CC[C@@H]3c4cccc(F)c4CCC3[C@@H]1[C@H](CCC(=O)O)CC2=O. The maximum atomic E-state index is 14.2. The van der Waals surface area contributed by atoms with Crippen molar-refractivity contribution in [2.24, 2.45) is 23.2 Å². The van der Waals surface area contributed by atoms with E-state index in [1.165, 1.54) is 0 Å². The number of carbonyl (C=O) groups excluding carboxylic acids is 1. The van der Waals surface area contributed by atoms with Crippen LogP contribution in [0.2, 0.25) is 0 Å². The fourth-order valence-corrected chi connectivity index (χ4v) is 6.21. The van der Waals surface area contributed by atoms with E-state index < -0.39 is 5.97 Å². The Morgan fingerprint density at radius 2 is 2.16 bits per heavy atom. The van der Waals surface area contributed by atoms with Gasteiger partial charge in [0, 0.05) is 18.3 Å². The quantitative estimate of drug-likeness (QED) is 0.887. The Morgan fingerprint density at radius 1 is 1.36 bits per heavy atom. The molecule has 134 valence electrons. The number of benzene rings is 1. The summed E-state index contributed by atoms with van der Waals surface area (Å²) in [6, 6.07) is 5.40. The molecule has 0 saturated heterocycles. The maximum Gasteiger partial charge on any atom is 0.303 e. The number of hydrogen-bond donors (Lipinski definition) is 1. The topological polar surface area (TPSA) is 54.4 Å². The number of carboxylic acid groups (broad SMARTS) is 1. The zero-order chi connectivity index (χ0) is 17.8. The molecule has 4 rings (SSSR count). The number of aliphatic carboxylic acids is 1. The Kier molecular flexibility index (Phi) is 3.97. The summed E-state index contributed by atoms with van der Waals surface area (Å²) in [6.07, 6.45) is 4.66. The van der Waals surface area contributed by atoms with Crippen LogP contribution in [-0.2, 0) is 16.0 Å². The van der Waals surface area contributed by atoms with Crippen molar-refractivity contribution in [3.8, 4) is 0 Å². The highest BCUT2D eigenvalue weighted by atomic mass is 19.1. The van der Waals surface area contributed by atoms with E-state index in [2.05, 4.69) is 13.0 Å². The number of Topliss-reactive ketones (excluding diaryl/α,β-unsaturated/α-hetero) is 1. The van der Waals surface area contributed by atoms with E-state index in [9.17, 15) is 14.0 Å². The number of ketones is 1. The van der Waals surface area contributed by atoms with E-state index in [0.717, 1.165) is 36.8 Å². The lowest BCUT2D eigenvalue weighted by atomic mass is 9.54. The van der Waals surface area contributed by atoms with Crippen LogP contribution in [-0.4, -0.2) is 16.9 Å². The van der Waals surface area contributed by atoms with Gasteiger partial charge in [-0.2, -0.15) is 0 Å². The molecule has 1 unspecified atom stereocenters. The van der Waals surface area contributed by atoms with E-state index in [1.807, 2.05) is 0 Å². The minimum atomic E-state index is -0.788. The van der Waals surface area contributed by atoms with Gasteiger partial charge in [-0.3, -0.25) is 9.59 Å². The van der Waals surface area contributed by atoms with Gasteiger partial charge in [0.05, 0.1) is 0 Å². The van der Waals surface area contributed by atoms with Crippen molar-refractivity contribution in [2.75, 3.05) is 0 Å². The summed E-state index contributed by atoms with van der Waals surface area (Å²) in [7, 11) is 0. The first-order chi connectivity index (χ1) is 11.9. The van der Waals surface area contributed by atoms with Gasteiger partial charge >= 0.3 is 5.97 Å². The summed E-state index contributed by atoms with van der Waals surface area (Å²) < 4.78 is 14.2. The summed E-state index contributed by atoms with van der Waals surface area (Å²) >= 11 is 0. The standard InChI is InChI=1S/C21H25FO3/c1-21-10-9-14-13-3-2-4-17(22)15(13)6-7-16(14)20(21)12(11-18(21)23)5-8-19(24)25/h2-4,12,14,16,20H,5-11H2,1H3,(H,24,25)/t12-,14-,16?,20+,21-/m1/s1. The van der Waals surface area contributed by atoms with Crippen molar-refractivity contribution in [3.05, 3.63) is 35.1 Å². The summed E-state index contributed by atoms with van der Waals surface area (Å²) in [6.45, 7) is 2.10. The Bertz CT molecular complexity index is 728. The third-order valence-corrected chi connectivity index (χ3v) is 7.29. The number of carbonyl (C=O) groups is 2. The molecular formula is C21H25FO3. The highest BCUT2D eigenvalue weighted by Crippen LogP contribution is 2.62. The van der Waals surface area contributed by atoms with Crippen molar-refractivity contribution >= 4 is 11.8 Å². The van der Waals surface area contributed by atoms with Gasteiger partial charge in [-0.25, -0.2) is 4.39 Å². The Morgan fingerprint density at radius 3 is 2.92 bits per heavy atom. The van der Waals surface area contributed by atoms with Crippen LogP contribution in [0.3, 0.4) is 0 Å². The summed E-state index contributed by atoms with van der Waals surface area (Å²) in [5.41, 5.74) is 1.68. The highest BCUT2D eigenvalue weighted by molar-refractivity contribution is 5.87. The van der Waals surface area contributed by atoms with Crippen molar-refractivity contribution < 1.29 is 19.1 Å². The molecule has 1 N–H and O–H groups in total. The Labute approximate surface area is 147 Å². The predicted octanol–water partition coefficient (Wildman–Crippen LogP) is 4.34. The summed E-state index contributed by atoms with van der Waals surface area (Å²) in [4.78, 5) is 23.8. The maximum absolute atomic E-state index is 14.2. The molecule has 2 saturated carbocycles. The van der Waals surface area contributed by atoms with E-state index in [4.69, 9.17) is 5.11 Å². The van der Waals surface area contributed by atoms with Gasteiger partial charge in [0.1, 0.15) is 11.6 Å². The van der Waals surface area contributed by atoms with Gasteiger partial charge in [-0.15, -0.1) is 0 Å². The molecule has 0 spiro atoms. The Hall–Kier alpha value is -1.71. The van der Waals surface area contributed by atoms with Crippen LogP contribution in [0.25, 0.3) is 0 Å². The average molecular weight is 344 g/mol. The average Bonchev–Trinajstić information content (AvgIpc) is 2.84. The van der Waals surface area contributed by atoms with E-state index in [1.54, 1.807) is 12.1 Å².